The largest absolute Gasteiger partial charge is 0.496 e. The highest BCUT2D eigenvalue weighted by atomic mass is 16.5. The van der Waals surface area contributed by atoms with Gasteiger partial charge in [-0.25, -0.2) is 0 Å². The van der Waals surface area contributed by atoms with Crippen LogP contribution in [0.15, 0.2) is 24.3 Å². The summed E-state index contributed by atoms with van der Waals surface area (Å²) in [6.45, 7) is 2.56. The second-order valence-electron chi connectivity index (χ2n) is 5.57. The van der Waals surface area contributed by atoms with Crippen LogP contribution in [0.5, 0.6) is 5.75 Å². The van der Waals surface area contributed by atoms with Crippen molar-refractivity contribution in [2.75, 3.05) is 40.5 Å². The predicted octanol–water partition coefficient (Wildman–Crippen LogP) is 1.46. The van der Waals surface area contributed by atoms with Gasteiger partial charge in [-0.2, -0.15) is 0 Å². The first-order valence-electron chi connectivity index (χ1n) is 7.87. The normalized spacial score (nSPS) is 17.7. The smallest absolute Gasteiger partial charge is 0.236 e. The van der Waals surface area contributed by atoms with Crippen molar-refractivity contribution in [2.45, 2.75) is 25.3 Å². The second kappa shape index (κ2) is 8.76. The summed E-state index contributed by atoms with van der Waals surface area (Å²) in [5.74, 6) is 1.08. The van der Waals surface area contributed by atoms with Crippen LogP contribution in [-0.2, 0) is 16.0 Å². The van der Waals surface area contributed by atoms with Crippen LogP contribution in [0.4, 0.5) is 0 Å². The van der Waals surface area contributed by atoms with Gasteiger partial charge in [-0.3, -0.25) is 4.79 Å². The van der Waals surface area contributed by atoms with E-state index in [2.05, 4.69) is 11.4 Å². The first kappa shape index (κ1) is 16.8. The van der Waals surface area contributed by atoms with Gasteiger partial charge in [0.2, 0.25) is 5.91 Å². The van der Waals surface area contributed by atoms with Crippen molar-refractivity contribution in [3.8, 4) is 5.75 Å². The zero-order valence-corrected chi connectivity index (χ0v) is 13.5. The molecule has 1 fully saturated rings. The highest BCUT2D eigenvalue weighted by Crippen LogP contribution is 2.25. The summed E-state index contributed by atoms with van der Waals surface area (Å²) in [6, 6.07) is 8.32. The number of ether oxygens (including phenoxy) is 2. The molecule has 1 amide bonds. The number of para-hydroxylation sites is 1. The minimum absolute atomic E-state index is 0.175. The Labute approximate surface area is 132 Å². The molecule has 1 aliphatic heterocycles. The number of likely N-dealkylation sites (tertiary alicyclic amines) is 1. The molecule has 22 heavy (non-hydrogen) atoms. The lowest BCUT2D eigenvalue weighted by molar-refractivity contribution is -0.131. The maximum absolute atomic E-state index is 12.4. The Bertz CT molecular complexity index is 479. The number of carbonyl (C=O) groups excluding carboxylic acids is 1. The summed E-state index contributed by atoms with van der Waals surface area (Å²) >= 11 is 0. The van der Waals surface area contributed by atoms with Gasteiger partial charge in [-0.05, 0) is 30.9 Å². The van der Waals surface area contributed by atoms with Crippen molar-refractivity contribution >= 4 is 5.91 Å². The van der Waals surface area contributed by atoms with Crippen molar-refractivity contribution in [3.63, 3.8) is 0 Å². The van der Waals surface area contributed by atoms with E-state index in [4.69, 9.17) is 9.47 Å². The molecule has 122 valence electrons. The SMILES string of the molecule is COCCNCC(=O)N1CCCC1Cc1ccccc1OC. The van der Waals surface area contributed by atoms with Gasteiger partial charge in [0, 0.05) is 26.2 Å². The van der Waals surface area contributed by atoms with E-state index in [9.17, 15) is 4.79 Å². The molecule has 0 saturated carbocycles. The first-order valence-corrected chi connectivity index (χ1v) is 7.87. The molecular weight excluding hydrogens is 280 g/mol. The van der Waals surface area contributed by atoms with E-state index < -0.39 is 0 Å². The summed E-state index contributed by atoms with van der Waals surface area (Å²) < 4.78 is 10.4. The topological polar surface area (TPSA) is 50.8 Å². The number of amides is 1. The van der Waals surface area contributed by atoms with Crippen LogP contribution in [0.3, 0.4) is 0 Å². The van der Waals surface area contributed by atoms with Gasteiger partial charge >= 0.3 is 0 Å². The molecule has 1 unspecified atom stereocenters. The molecule has 1 saturated heterocycles. The highest BCUT2D eigenvalue weighted by molar-refractivity contribution is 5.79. The summed E-state index contributed by atoms with van der Waals surface area (Å²) in [4.78, 5) is 14.4. The van der Waals surface area contributed by atoms with Gasteiger partial charge in [0.15, 0.2) is 0 Å². The van der Waals surface area contributed by atoms with Crippen LogP contribution < -0.4 is 10.1 Å². The van der Waals surface area contributed by atoms with Crippen LogP contribution in [0.25, 0.3) is 0 Å². The maximum atomic E-state index is 12.4. The minimum Gasteiger partial charge on any atom is -0.496 e. The average molecular weight is 306 g/mol. The molecule has 5 heteroatoms. The van der Waals surface area contributed by atoms with Crippen molar-refractivity contribution in [1.29, 1.82) is 0 Å². The van der Waals surface area contributed by atoms with E-state index >= 15 is 0 Å². The van der Waals surface area contributed by atoms with E-state index in [1.807, 2.05) is 23.1 Å². The fourth-order valence-electron chi connectivity index (χ4n) is 2.97. The number of hydrogen-bond donors (Lipinski definition) is 1. The number of hydrogen-bond acceptors (Lipinski definition) is 4. The molecule has 1 heterocycles. The lowest BCUT2D eigenvalue weighted by Crippen LogP contribution is -2.42. The van der Waals surface area contributed by atoms with Gasteiger partial charge in [0.25, 0.3) is 0 Å². The van der Waals surface area contributed by atoms with Crippen LogP contribution >= 0.6 is 0 Å². The molecule has 5 nitrogen and oxygen atoms in total. The molecule has 0 radical (unpaired) electrons. The number of carbonyl (C=O) groups is 1. The van der Waals surface area contributed by atoms with Crippen molar-refractivity contribution in [3.05, 3.63) is 29.8 Å². The van der Waals surface area contributed by atoms with Gasteiger partial charge in [0.1, 0.15) is 5.75 Å². The lowest BCUT2D eigenvalue weighted by atomic mass is 10.0. The molecule has 0 spiro atoms. The third-order valence-corrected chi connectivity index (χ3v) is 4.10. The third kappa shape index (κ3) is 4.45. The Morgan fingerprint density at radius 2 is 2.18 bits per heavy atom. The molecule has 0 aliphatic carbocycles. The summed E-state index contributed by atoms with van der Waals surface area (Å²) in [5.41, 5.74) is 1.17. The standard InChI is InChI=1S/C17H26N2O3/c1-21-11-9-18-13-17(20)19-10-5-7-15(19)12-14-6-3-4-8-16(14)22-2/h3-4,6,8,15,18H,5,7,9-13H2,1-2H3. The van der Waals surface area contributed by atoms with Gasteiger partial charge in [0.05, 0.1) is 20.3 Å². The molecule has 1 aliphatic rings. The van der Waals surface area contributed by atoms with E-state index in [1.54, 1.807) is 14.2 Å². The Morgan fingerprint density at radius 1 is 1.36 bits per heavy atom. The summed E-state index contributed by atoms with van der Waals surface area (Å²) in [7, 11) is 3.35. The zero-order valence-electron chi connectivity index (χ0n) is 13.5. The Balaban J connectivity index is 1.91. The van der Waals surface area contributed by atoms with Crippen LogP contribution in [0, 0.1) is 0 Å². The minimum atomic E-state index is 0.175. The molecular formula is C17H26N2O3. The summed E-state index contributed by atoms with van der Waals surface area (Å²) in [5, 5.41) is 3.13. The van der Waals surface area contributed by atoms with Crippen LogP contribution in [0.1, 0.15) is 18.4 Å². The molecule has 2 rings (SSSR count). The number of rotatable bonds is 8. The van der Waals surface area contributed by atoms with E-state index in [-0.39, 0.29) is 11.9 Å². The van der Waals surface area contributed by atoms with Gasteiger partial charge in [-0.15, -0.1) is 0 Å². The van der Waals surface area contributed by atoms with E-state index in [0.29, 0.717) is 19.7 Å². The summed E-state index contributed by atoms with van der Waals surface area (Å²) in [6.07, 6.45) is 2.99. The van der Waals surface area contributed by atoms with E-state index in [1.165, 1.54) is 5.56 Å². The van der Waals surface area contributed by atoms with E-state index in [0.717, 1.165) is 31.6 Å². The molecule has 1 aromatic rings. The third-order valence-electron chi connectivity index (χ3n) is 4.10. The fourth-order valence-corrected chi connectivity index (χ4v) is 2.97. The Kier molecular flexibility index (Phi) is 6.68. The fraction of sp³-hybridized carbons (Fsp3) is 0.588. The van der Waals surface area contributed by atoms with Crippen LogP contribution in [0.2, 0.25) is 0 Å². The number of nitrogens with zero attached hydrogens (tertiary/aromatic N) is 1. The predicted molar refractivity (Wildman–Crippen MR) is 86.2 cm³/mol. The Hall–Kier alpha value is -1.59. The number of nitrogens with one attached hydrogen (secondary N) is 1. The van der Waals surface area contributed by atoms with Crippen LogP contribution in [-0.4, -0.2) is 57.3 Å². The van der Waals surface area contributed by atoms with Gasteiger partial charge < -0.3 is 19.7 Å². The second-order valence-corrected chi connectivity index (χ2v) is 5.57. The Morgan fingerprint density at radius 3 is 2.95 bits per heavy atom. The van der Waals surface area contributed by atoms with Crippen molar-refractivity contribution < 1.29 is 14.3 Å². The molecule has 1 N–H and O–H groups in total. The van der Waals surface area contributed by atoms with Gasteiger partial charge in [-0.1, -0.05) is 18.2 Å². The average Bonchev–Trinajstić information content (AvgIpc) is 3.00. The quantitative estimate of drug-likeness (QED) is 0.739. The molecule has 1 atom stereocenters. The first-order chi connectivity index (χ1) is 10.8. The molecule has 0 bridgehead atoms. The highest BCUT2D eigenvalue weighted by Gasteiger charge is 2.28. The monoisotopic (exact) mass is 306 g/mol. The molecule has 0 aromatic heterocycles. The number of benzene rings is 1. The van der Waals surface area contributed by atoms with Crippen molar-refractivity contribution in [1.82, 2.24) is 10.2 Å². The maximum Gasteiger partial charge on any atom is 0.236 e. The molecule has 1 aromatic carbocycles. The zero-order chi connectivity index (χ0) is 15.8. The number of methoxy groups -OCH3 is 2. The lowest BCUT2D eigenvalue weighted by Gasteiger charge is -2.25. The van der Waals surface area contributed by atoms with Crippen molar-refractivity contribution in [2.24, 2.45) is 0 Å².